The highest BCUT2D eigenvalue weighted by Crippen LogP contribution is 2.40. The SMILES string of the molecule is CNC(CNC(=O)CC(=O)NC(CC(C)C)C(=O)OCOC(=O)C(CC(C)C)NC(=O)CC(C)=O)C(=O)OC(=O)C1CC(C)(C)N(O)C(C)(C)C1. The van der Waals surface area contributed by atoms with E-state index in [0.717, 1.165) is 0 Å². The van der Waals surface area contributed by atoms with Crippen molar-refractivity contribution in [3.63, 3.8) is 0 Å². The van der Waals surface area contributed by atoms with Crippen molar-refractivity contribution in [2.45, 2.75) is 130 Å². The predicted octanol–water partition coefficient (Wildman–Crippen LogP) is 0.894. The van der Waals surface area contributed by atoms with Crippen LogP contribution in [0.4, 0.5) is 0 Å². The number of carbonyl (C=O) groups is 8. The highest BCUT2D eigenvalue weighted by atomic mass is 16.7. The van der Waals surface area contributed by atoms with Crippen LogP contribution in [0, 0.1) is 17.8 Å². The maximum Gasteiger partial charge on any atom is 0.332 e. The molecule has 290 valence electrons. The number of hydrogen-bond acceptors (Lipinski definition) is 14. The predicted molar refractivity (Wildman–Crippen MR) is 181 cm³/mol. The molecule has 0 aliphatic carbocycles. The molecule has 1 rings (SSSR count). The fourth-order valence-electron chi connectivity index (χ4n) is 5.85. The van der Waals surface area contributed by atoms with E-state index < -0.39 is 96.4 Å². The van der Waals surface area contributed by atoms with Gasteiger partial charge in [0.2, 0.25) is 24.5 Å². The van der Waals surface area contributed by atoms with Crippen LogP contribution >= 0.6 is 0 Å². The lowest BCUT2D eigenvalue weighted by Crippen LogP contribution is -2.60. The van der Waals surface area contributed by atoms with Gasteiger partial charge in [-0.15, -0.1) is 0 Å². The Bertz CT molecular complexity index is 1260. The zero-order valence-electron chi connectivity index (χ0n) is 31.5. The monoisotopic (exact) mass is 727 g/mol. The zero-order chi connectivity index (χ0) is 39.3. The molecule has 17 nitrogen and oxygen atoms in total. The van der Waals surface area contributed by atoms with E-state index in [0.29, 0.717) is 0 Å². The number of ether oxygens (including phenoxy) is 3. The smallest absolute Gasteiger partial charge is 0.332 e. The van der Waals surface area contributed by atoms with Crippen LogP contribution in [-0.4, -0.2) is 107 Å². The van der Waals surface area contributed by atoms with Crippen LogP contribution in [0.25, 0.3) is 0 Å². The molecule has 1 saturated heterocycles. The molecule has 3 amide bonds. The van der Waals surface area contributed by atoms with Crippen molar-refractivity contribution in [3.05, 3.63) is 0 Å². The summed E-state index contributed by atoms with van der Waals surface area (Å²) in [7, 11) is 1.43. The highest BCUT2D eigenvalue weighted by molar-refractivity contribution is 5.99. The minimum Gasteiger partial charge on any atom is -0.426 e. The Kier molecular flexibility index (Phi) is 17.8. The van der Waals surface area contributed by atoms with Crippen LogP contribution in [0.3, 0.4) is 0 Å². The van der Waals surface area contributed by atoms with Crippen molar-refractivity contribution < 1.29 is 57.8 Å². The topological polar surface area (TPSA) is 236 Å². The van der Waals surface area contributed by atoms with Gasteiger partial charge in [0, 0.05) is 17.6 Å². The molecule has 1 aliphatic heterocycles. The number of Topliss-reactive ketones (excluding diaryl/α,β-unsaturated/α-hetero) is 1. The van der Waals surface area contributed by atoms with Crippen molar-refractivity contribution in [1.82, 2.24) is 26.3 Å². The van der Waals surface area contributed by atoms with Crippen molar-refractivity contribution in [2.24, 2.45) is 17.8 Å². The minimum atomic E-state index is -1.19. The average Bonchev–Trinajstić information content (AvgIpc) is 2.98. The summed E-state index contributed by atoms with van der Waals surface area (Å²) < 4.78 is 15.2. The quantitative estimate of drug-likeness (QED) is 0.0707. The Morgan fingerprint density at radius 3 is 1.59 bits per heavy atom. The van der Waals surface area contributed by atoms with E-state index in [1.165, 1.54) is 19.0 Å². The van der Waals surface area contributed by atoms with Gasteiger partial charge in [0.05, 0.1) is 12.3 Å². The van der Waals surface area contributed by atoms with Crippen molar-refractivity contribution in [3.8, 4) is 0 Å². The Morgan fingerprint density at radius 1 is 0.725 bits per heavy atom. The second kappa shape index (κ2) is 20.2. The van der Waals surface area contributed by atoms with E-state index in [2.05, 4.69) is 21.3 Å². The molecule has 0 bridgehead atoms. The van der Waals surface area contributed by atoms with E-state index in [1.54, 1.807) is 41.5 Å². The largest absolute Gasteiger partial charge is 0.426 e. The summed E-state index contributed by atoms with van der Waals surface area (Å²) in [6, 6.07) is -3.38. The standard InChI is InChI=1S/C34H57N5O12/c1-19(2)11-23(37-27(42)13-21(5)40)30(45)49-18-50-31(46)24(12-20(3)4)38-28(43)14-26(41)36-17-25(35-10)32(47)51-29(44)22-15-33(6,7)39(48)34(8,9)16-22/h19-20,22-25,35,48H,11-18H2,1-10H3,(H,36,41)(H,37,42)(H,38,43). The molecular weight excluding hydrogens is 670 g/mol. The molecule has 0 aromatic rings. The van der Waals surface area contributed by atoms with E-state index in [1.807, 2.05) is 13.8 Å². The van der Waals surface area contributed by atoms with Gasteiger partial charge in [-0.05, 0) is 79.2 Å². The van der Waals surface area contributed by atoms with Crippen LogP contribution in [0.2, 0.25) is 0 Å². The van der Waals surface area contributed by atoms with E-state index in [9.17, 15) is 43.6 Å². The summed E-state index contributed by atoms with van der Waals surface area (Å²) in [6.45, 7) is 14.4. The van der Waals surface area contributed by atoms with E-state index >= 15 is 0 Å². The number of piperidine rings is 1. The maximum atomic E-state index is 12.9. The summed E-state index contributed by atoms with van der Waals surface area (Å²) in [4.78, 5) is 99.6. The summed E-state index contributed by atoms with van der Waals surface area (Å²) in [5.74, 6) is -6.86. The molecule has 1 aliphatic rings. The molecule has 1 fully saturated rings. The third-order valence-electron chi connectivity index (χ3n) is 8.10. The molecule has 0 saturated carbocycles. The molecule has 0 radical (unpaired) electrons. The Morgan fingerprint density at radius 2 is 1.18 bits per heavy atom. The molecular formula is C34H57N5O12. The fourth-order valence-corrected chi connectivity index (χ4v) is 5.85. The van der Waals surface area contributed by atoms with Gasteiger partial charge in [0.15, 0.2) is 0 Å². The van der Waals surface area contributed by atoms with E-state index in [-0.39, 0.29) is 49.8 Å². The molecule has 5 N–H and O–H groups in total. The Labute approximate surface area is 299 Å². The van der Waals surface area contributed by atoms with Gasteiger partial charge < -0.3 is 40.7 Å². The Hall–Kier alpha value is -3.96. The lowest BCUT2D eigenvalue weighted by atomic mass is 9.75. The number of carbonyl (C=O) groups excluding carboxylic acids is 8. The van der Waals surface area contributed by atoms with Crippen LogP contribution in [0.15, 0.2) is 0 Å². The lowest BCUT2D eigenvalue weighted by Gasteiger charge is -2.50. The fraction of sp³-hybridized carbons (Fsp3) is 0.765. The van der Waals surface area contributed by atoms with Gasteiger partial charge in [-0.1, -0.05) is 27.7 Å². The second-order valence-corrected chi connectivity index (χ2v) is 15.0. The molecule has 0 spiro atoms. The first kappa shape index (κ1) is 45.1. The third-order valence-corrected chi connectivity index (χ3v) is 8.10. The lowest BCUT2D eigenvalue weighted by molar-refractivity contribution is -0.251. The van der Waals surface area contributed by atoms with Gasteiger partial charge in [0.25, 0.3) is 0 Å². The molecule has 0 aromatic heterocycles. The number of hydroxylamine groups is 2. The van der Waals surface area contributed by atoms with Crippen LogP contribution in [0.5, 0.6) is 0 Å². The molecule has 0 aromatic carbocycles. The minimum absolute atomic E-state index is 0.0187. The second-order valence-electron chi connectivity index (χ2n) is 15.0. The number of hydrogen-bond donors (Lipinski definition) is 5. The van der Waals surface area contributed by atoms with Gasteiger partial charge in [0.1, 0.15) is 30.3 Å². The number of ketones is 1. The highest BCUT2D eigenvalue weighted by Gasteiger charge is 2.48. The number of nitrogens with zero attached hydrogens (tertiary/aromatic N) is 1. The van der Waals surface area contributed by atoms with Gasteiger partial charge in [-0.25, -0.2) is 14.4 Å². The normalized spacial score (nSPS) is 17.4. The van der Waals surface area contributed by atoms with Crippen molar-refractivity contribution in [2.75, 3.05) is 20.4 Å². The molecule has 51 heavy (non-hydrogen) atoms. The first-order chi connectivity index (χ1) is 23.5. The summed E-state index contributed by atoms with van der Waals surface area (Å²) in [6.07, 6.45) is -0.257. The third kappa shape index (κ3) is 15.9. The van der Waals surface area contributed by atoms with Gasteiger partial charge >= 0.3 is 23.9 Å². The average molecular weight is 728 g/mol. The number of esters is 4. The number of nitrogens with one attached hydrogen (secondary N) is 4. The Balaban J connectivity index is 2.69. The molecule has 3 unspecified atom stereocenters. The van der Waals surface area contributed by atoms with Crippen molar-refractivity contribution >= 4 is 47.4 Å². The van der Waals surface area contributed by atoms with Crippen molar-refractivity contribution in [1.29, 1.82) is 0 Å². The van der Waals surface area contributed by atoms with Crippen LogP contribution < -0.4 is 21.3 Å². The van der Waals surface area contributed by atoms with Gasteiger partial charge in [-0.2, -0.15) is 5.06 Å². The zero-order valence-corrected chi connectivity index (χ0v) is 31.5. The molecule has 17 heteroatoms. The summed E-state index contributed by atoms with van der Waals surface area (Å²) >= 11 is 0. The summed E-state index contributed by atoms with van der Waals surface area (Å²) in [5, 5.41) is 21.7. The van der Waals surface area contributed by atoms with E-state index in [4.69, 9.17) is 14.2 Å². The van der Waals surface area contributed by atoms with Gasteiger partial charge in [-0.3, -0.25) is 24.0 Å². The number of rotatable bonds is 19. The van der Waals surface area contributed by atoms with Crippen LogP contribution in [-0.2, 0) is 52.6 Å². The summed E-state index contributed by atoms with van der Waals surface area (Å²) in [5.41, 5.74) is -1.48. The first-order valence-electron chi connectivity index (χ1n) is 17.1. The molecule has 3 atom stereocenters. The molecule has 1 heterocycles. The first-order valence-corrected chi connectivity index (χ1v) is 17.1. The number of amides is 3. The maximum absolute atomic E-state index is 12.9. The number of likely N-dealkylation sites (N-methyl/N-ethyl adjacent to an activating group) is 1. The van der Waals surface area contributed by atoms with Crippen LogP contribution in [0.1, 0.15) is 101 Å².